The average molecular weight is 183 g/mol. The van der Waals surface area contributed by atoms with Crippen LogP contribution < -0.4 is 4.57 Å². The molecule has 0 fully saturated rings. The summed E-state index contributed by atoms with van der Waals surface area (Å²) in [5.41, 5.74) is 0. The number of nitrogens with zero attached hydrogens (tertiary/aromatic N) is 2. The summed E-state index contributed by atoms with van der Waals surface area (Å²) in [4.78, 5) is 11.3. The van der Waals surface area contributed by atoms with E-state index in [0.29, 0.717) is 6.61 Å². The van der Waals surface area contributed by atoms with E-state index in [1.165, 1.54) is 0 Å². The zero-order chi connectivity index (χ0) is 9.84. The molecule has 0 saturated carbocycles. The highest BCUT2D eigenvalue weighted by Crippen LogP contribution is 2.05. The summed E-state index contributed by atoms with van der Waals surface area (Å²) in [5.74, 6) is -0.196. The van der Waals surface area contributed by atoms with Gasteiger partial charge in [0, 0.05) is 0 Å². The Labute approximate surface area is 77.7 Å². The third-order valence-corrected chi connectivity index (χ3v) is 1.86. The highest BCUT2D eigenvalue weighted by atomic mass is 16.5. The van der Waals surface area contributed by atoms with Crippen molar-refractivity contribution in [1.29, 1.82) is 0 Å². The summed E-state index contributed by atoms with van der Waals surface area (Å²) in [6, 6.07) is -0.249. The zero-order valence-corrected chi connectivity index (χ0v) is 8.23. The van der Waals surface area contributed by atoms with Gasteiger partial charge < -0.3 is 4.74 Å². The van der Waals surface area contributed by atoms with E-state index in [9.17, 15) is 4.79 Å². The van der Waals surface area contributed by atoms with E-state index in [0.717, 1.165) is 0 Å². The summed E-state index contributed by atoms with van der Waals surface area (Å²) in [5, 5.41) is 0. The Morgan fingerprint density at radius 2 is 2.38 bits per heavy atom. The molecule has 0 saturated heterocycles. The predicted octanol–water partition coefficient (Wildman–Crippen LogP) is 0.437. The molecule has 1 unspecified atom stereocenters. The van der Waals surface area contributed by atoms with Gasteiger partial charge in [-0.15, -0.1) is 0 Å². The van der Waals surface area contributed by atoms with Crippen molar-refractivity contribution in [1.82, 2.24) is 4.57 Å². The van der Waals surface area contributed by atoms with Gasteiger partial charge in [0.1, 0.15) is 12.4 Å². The number of aryl methyl sites for hydroxylation is 1. The van der Waals surface area contributed by atoms with Crippen LogP contribution in [-0.4, -0.2) is 17.1 Å². The quantitative estimate of drug-likeness (QED) is 0.503. The summed E-state index contributed by atoms with van der Waals surface area (Å²) in [6.07, 6.45) is 5.58. The number of aromatic nitrogens is 2. The zero-order valence-electron chi connectivity index (χ0n) is 8.23. The molecule has 1 rings (SSSR count). The predicted molar refractivity (Wildman–Crippen MR) is 47.0 cm³/mol. The third kappa shape index (κ3) is 2.31. The highest BCUT2D eigenvalue weighted by Gasteiger charge is 2.20. The number of esters is 1. The first kappa shape index (κ1) is 9.77. The first-order valence-corrected chi connectivity index (χ1v) is 4.34. The number of rotatable bonds is 3. The third-order valence-electron chi connectivity index (χ3n) is 1.86. The van der Waals surface area contributed by atoms with Crippen LogP contribution in [0.25, 0.3) is 0 Å². The molecule has 0 N–H and O–H groups in total. The maximum atomic E-state index is 11.3. The fraction of sp³-hybridized carbons (Fsp3) is 0.556. The molecule has 13 heavy (non-hydrogen) atoms. The molecular weight excluding hydrogens is 168 g/mol. The first-order chi connectivity index (χ1) is 6.15. The maximum absolute atomic E-state index is 11.3. The second-order valence-corrected chi connectivity index (χ2v) is 2.95. The molecular formula is C9H15N2O2+. The van der Waals surface area contributed by atoms with Crippen LogP contribution in [0.3, 0.4) is 0 Å². The molecule has 1 atom stereocenters. The molecule has 1 aromatic heterocycles. The Hall–Kier alpha value is -1.32. The van der Waals surface area contributed by atoms with Crippen molar-refractivity contribution in [3.8, 4) is 0 Å². The van der Waals surface area contributed by atoms with Crippen molar-refractivity contribution in [3.05, 3.63) is 18.7 Å². The summed E-state index contributed by atoms with van der Waals surface area (Å²) >= 11 is 0. The summed E-state index contributed by atoms with van der Waals surface area (Å²) in [6.45, 7) is 4.05. The van der Waals surface area contributed by atoms with Crippen LogP contribution in [-0.2, 0) is 16.6 Å². The topological polar surface area (TPSA) is 35.1 Å². The Kier molecular flexibility index (Phi) is 3.06. The first-order valence-electron chi connectivity index (χ1n) is 4.34. The van der Waals surface area contributed by atoms with Gasteiger partial charge in [0.2, 0.25) is 6.33 Å². The fourth-order valence-corrected chi connectivity index (χ4v) is 1.08. The van der Waals surface area contributed by atoms with Gasteiger partial charge in [-0.05, 0) is 13.8 Å². The lowest BCUT2D eigenvalue weighted by Crippen LogP contribution is -2.25. The normalized spacial score (nSPS) is 12.5. The highest BCUT2D eigenvalue weighted by molar-refractivity contribution is 5.73. The van der Waals surface area contributed by atoms with E-state index in [2.05, 4.69) is 0 Å². The van der Waals surface area contributed by atoms with Gasteiger partial charge in [0.05, 0.1) is 13.7 Å². The number of carbonyl (C=O) groups is 1. The van der Waals surface area contributed by atoms with Crippen LogP contribution in [0.1, 0.15) is 19.9 Å². The van der Waals surface area contributed by atoms with E-state index in [4.69, 9.17) is 4.74 Å². The van der Waals surface area contributed by atoms with Gasteiger partial charge in [-0.3, -0.25) is 0 Å². The molecule has 0 spiro atoms. The van der Waals surface area contributed by atoms with Crippen LogP contribution in [0.4, 0.5) is 0 Å². The van der Waals surface area contributed by atoms with Crippen molar-refractivity contribution < 1.29 is 14.1 Å². The molecule has 1 heterocycles. The Morgan fingerprint density at radius 3 is 2.85 bits per heavy atom. The van der Waals surface area contributed by atoms with Crippen molar-refractivity contribution >= 4 is 5.97 Å². The van der Waals surface area contributed by atoms with E-state index in [1.54, 1.807) is 6.92 Å². The van der Waals surface area contributed by atoms with Gasteiger partial charge >= 0.3 is 5.97 Å². The largest absolute Gasteiger partial charge is 0.463 e. The minimum atomic E-state index is -0.249. The van der Waals surface area contributed by atoms with Gasteiger partial charge in [-0.2, -0.15) is 0 Å². The molecule has 0 aliphatic heterocycles. The Bertz CT molecular complexity index is 294. The lowest BCUT2D eigenvalue weighted by Gasteiger charge is -2.06. The Balaban J connectivity index is 2.67. The van der Waals surface area contributed by atoms with Crippen LogP contribution >= 0.6 is 0 Å². The molecule has 0 radical (unpaired) electrons. The summed E-state index contributed by atoms with van der Waals surface area (Å²) < 4.78 is 8.60. The van der Waals surface area contributed by atoms with Crippen molar-refractivity contribution in [2.24, 2.45) is 7.05 Å². The van der Waals surface area contributed by atoms with Crippen LogP contribution in [0.5, 0.6) is 0 Å². The SMILES string of the molecule is CCOC(=O)C(C)n1cc[n+](C)c1. The number of carbonyl (C=O) groups excluding carboxylic acids is 1. The Morgan fingerprint density at radius 1 is 1.69 bits per heavy atom. The van der Waals surface area contributed by atoms with Crippen LogP contribution in [0.2, 0.25) is 0 Å². The summed E-state index contributed by atoms with van der Waals surface area (Å²) in [7, 11) is 1.91. The van der Waals surface area contributed by atoms with Crippen molar-refractivity contribution in [2.75, 3.05) is 6.61 Å². The fourth-order valence-electron chi connectivity index (χ4n) is 1.08. The second-order valence-electron chi connectivity index (χ2n) is 2.95. The minimum absolute atomic E-state index is 0.196. The van der Waals surface area contributed by atoms with Gasteiger partial charge in [-0.25, -0.2) is 13.9 Å². The van der Waals surface area contributed by atoms with Gasteiger partial charge in [0.25, 0.3) is 0 Å². The van der Waals surface area contributed by atoms with Crippen molar-refractivity contribution in [3.63, 3.8) is 0 Å². The van der Waals surface area contributed by atoms with Crippen LogP contribution in [0.15, 0.2) is 18.7 Å². The van der Waals surface area contributed by atoms with E-state index in [1.807, 2.05) is 41.8 Å². The monoisotopic (exact) mass is 183 g/mol. The molecule has 4 heteroatoms. The number of hydrogen-bond donors (Lipinski definition) is 0. The van der Waals surface area contributed by atoms with E-state index < -0.39 is 0 Å². The minimum Gasteiger partial charge on any atom is -0.463 e. The molecule has 0 aromatic carbocycles. The molecule has 1 aromatic rings. The molecule has 0 amide bonds. The molecule has 0 aliphatic rings. The van der Waals surface area contributed by atoms with Gasteiger partial charge in [0.15, 0.2) is 6.04 Å². The standard InChI is InChI=1S/C9H15N2O2/c1-4-13-9(12)8(2)11-6-5-10(3)7-11/h5-8H,4H2,1-3H3/q+1. The van der Waals surface area contributed by atoms with E-state index in [-0.39, 0.29) is 12.0 Å². The molecule has 0 aliphatic carbocycles. The second kappa shape index (κ2) is 4.07. The molecule has 4 nitrogen and oxygen atoms in total. The lowest BCUT2D eigenvalue weighted by molar-refractivity contribution is -0.671. The lowest BCUT2D eigenvalue weighted by atomic mass is 10.3. The van der Waals surface area contributed by atoms with Crippen LogP contribution in [0, 0.1) is 0 Å². The average Bonchev–Trinajstić information content (AvgIpc) is 2.51. The number of ether oxygens (including phenoxy) is 1. The smallest absolute Gasteiger partial charge is 0.351 e. The molecule has 0 bridgehead atoms. The maximum Gasteiger partial charge on any atom is 0.351 e. The number of hydrogen-bond acceptors (Lipinski definition) is 2. The molecule has 72 valence electrons. The van der Waals surface area contributed by atoms with Crippen molar-refractivity contribution in [2.45, 2.75) is 19.9 Å². The van der Waals surface area contributed by atoms with Gasteiger partial charge in [-0.1, -0.05) is 0 Å². The van der Waals surface area contributed by atoms with E-state index >= 15 is 0 Å². The number of imidazole rings is 1.